The molecule has 5 nitrogen and oxygen atoms in total. The number of methoxy groups -OCH3 is 1. The molecule has 0 spiro atoms. The molecule has 0 radical (unpaired) electrons. The second-order valence-corrected chi connectivity index (χ2v) is 5.97. The molecule has 2 N–H and O–H groups in total. The average molecular weight is 308 g/mol. The molecule has 1 atom stereocenters. The minimum Gasteiger partial charge on any atom is -0.496 e. The van der Waals surface area contributed by atoms with Gasteiger partial charge in [0.2, 0.25) is 0 Å². The first-order valence-electron chi connectivity index (χ1n) is 8.06. The summed E-state index contributed by atoms with van der Waals surface area (Å²) in [5, 5.41) is 13.9. The fourth-order valence-electron chi connectivity index (χ4n) is 2.71. The molecule has 1 aromatic carbocycles. The highest BCUT2D eigenvalue weighted by Crippen LogP contribution is 2.31. The van der Waals surface area contributed by atoms with E-state index >= 15 is 0 Å². The zero-order chi connectivity index (χ0) is 15.9. The lowest BCUT2D eigenvalue weighted by molar-refractivity contribution is 0.133. The van der Waals surface area contributed by atoms with Crippen LogP contribution in [0.15, 0.2) is 18.2 Å². The first-order chi connectivity index (χ1) is 10.6. The van der Waals surface area contributed by atoms with Crippen molar-refractivity contribution in [2.45, 2.75) is 32.5 Å². The topological polar surface area (TPSA) is 54.0 Å². The summed E-state index contributed by atoms with van der Waals surface area (Å²) in [6, 6.07) is 5.63. The van der Waals surface area contributed by atoms with Gasteiger partial charge in [-0.25, -0.2) is 0 Å². The van der Waals surface area contributed by atoms with Crippen LogP contribution in [0.4, 0.5) is 0 Å². The molecule has 0 aromatic heterocycles. The van der Waals surface area contributed by atoms with Crippen molar-refractivity contribution in [2.75, 3.05) is 39.8 Å². The van der Waals surface area contributed by atoms with Gasteiger partial charge in [0.05, 0.1) is 19.3 Å². The Morgan fingerprint density at radius 2 is 2.00 bits per heavy atom. The SMILES string of the molecule is COc1ccc(OC(C)C)cc1C(O)CCN1CCNCC1. The number of hydrogen-bond donors (Lipinski definition) is 2. The van der Waals surface area contributed by atoms with Gasteiger partial charge in [0.1, 0.15) is 11.5 Å². The van der Waals surface area contributed by atoms with E-state index < -0.39 is 6.10 Å². The molecule has 0 amide bonds. The number of hydrogen-bond acceptors (Lipinski definition) is 5. The molecule has 0 aliphatic carbocycles. The predicted octanol–water partition coefficient (Wildman–Crippen LogP) is 1.81. The molecule has 1 unspecified atom stereocenters. The monoisotopic (exact) mass is 308 g/mol. The zero-order valence-corrected chi connectivity index (χ0v) is 13.8. The van der Waals surface area contributed by atoms with E-state index in [-0.39, 0.29) is 6.10 Å². The Morgan fingerprint density at radius 3 is 2.64 bits per heavy atom. The molecule has 1 aliphatic rings. The van der Waals surface area contributed by atoms with Crippen LogP contribution in [0.5, 0.6) is 11.5 Å². The summed E-state index contributed by atoms with van der Waals surface area (Å²) in [6.07, 6.45) is 0.265. The third kappa shape index (κ3) is 4.87. The van der Waals surface area contributed by atoms with Crippen molar-refractivity contribution in [3.63, 3.8) is 0 Å². The van der Waals surface area contributed by atoms with Crippen molar-refractivity contribution < 1.29 is 14.6 Å². The standard InChI is InChI=1S/C17H28N2O3/c1-13(2)22-14-4-5-17(21-3)15(12-14)16(20)6-9-19-10-7-18-8-11-19/h4-5,12-13,16,18,20H,6-11H2,1-3H3. The van der Waals surface area contributed by atoms with Crippen molar-refractivity contribution >= 4 is 0 Å². The molecule has 124 valence electrons. The molecule has 2 rings (SSSR count). The number of piperazine rings is 1. The fraction of sp³-hybridized carbons (Fsp3) is 0.647. The molecule has 1 aromatic rings. The lowest BCUT2D eigenvalue weighted by Gasteiger charge is -2.28. The second kappa shape index (κ2) is 8.36. The van der Waals surface area contributed by atoms with Crippen LogP contribution >= 0.6 is 0 Å². The smallest absolute Gasteiger partial charge is 0.124 e. The third-order valence-electron chi connectivity index (χ3n) is 3.86. The van der Waals surface area contributed by atoms with Gasteiger partial charge in [0.15, 0.2) is 0 Å². The van der Waals surface area contributed by atoms with Crippen LogP contribution < -0.4 is 14.8 Å². The van der Waals surface area contributed by atoms with E-state index in [2.05, 4.69) is 10.2 Å². The summed E-state index contributed by atoms with van der Waals surface area (Å²) in [4.78, 5) is 2.38. The first-order valence-corrected chi connectivity index (χ1v) is 8.06. The number of benzene rings is 1. The Labute approximate surface area is 133 Å². The van der Waals surface area contributed by atoms with Gasteiger partial charge >= 0.3 is 0 Å². The van der Waals surface area contributed by atoms with Gasteiger partial charge in [-0.3, -0.25) is 0 Å². The molecule has 0 saturated carbocycles. The van der Waals surface area contributed by atoms with E-state index in [1.165, 1.54) is 0 Å². The van der Waals surface area contributed by atoms with E-state index in [1.807, 2.05) is 32.0 Å². The maximum atomic E-state index is 10.5. The summed E-state index contributed by atoms with van der Waals surface area (Å²) in [6.45, 7) is 9.01. The van der Waals surface area contributed by atoms with Gasteiger partial charge in [0, 0.05) is 38.3 Å². The Hall–Kier alpha value is -1.30. The van der Waals surface area contributed by atoms with E-state index in [0.29, 0.717) is 12.2 Å². The van der Waals surface area contributed by atoms with Crippen LogP contribution in [0.25, 0.3) is 0 Å². The lowest BCUT2D eigenvalue weighted by Crippen LogP contribution is -2.44. The zero-order valence-electron chi connectivity index (χ0n) is 13.8. The third-order valence-corrected chi connectivity index (χ3v) is 3.86. The van der Waals surface area contributed by atoms with E-state index in [4.69, 9.17) is 9.47 Å². The predicted molar refractivity (Wildman–Crippen MR) is 87.6 cm³/mol. The van der Waals surface area contributed by atoms with Crippen LogP contribution in [-0.4, -0.2) is 55.9 Å². The summed E-state index contributed by atoms with van der Waals surface area (Å²) in [5.74, 6) is 1.48. The number of aliphatic hydroxyl groups excluding tert-OH is 1. The molecule has 22 heavy (non-hydrogen) atoms. The van der Waals surface area contributed by atoms with Crippen LogP contribution in [-0.2, 0) is 0 Å². The Kier molecular flexibility index (Phi) is 6.49. The first kappa shape index (κ1) is 17.1. The van der Waals surface area contributed by atoms with Gasteiger partial charge in [-0.15, -0.1) is 0 Å². The molecule has 1 saturated heterocycles. The molecule has 5 heteroatoms. The normalized spacial score (nSPS) is 17.5. The highest BCUT2D eigenvalue weighted by Gasteiger charge is 2.17. The van der Waals surface area contributed by atoms with E-state index in [1.54, 1.807) is 7.11 Å². The summed E-state index contributed by atoms with van der Waals surface area (Å²) < 4.78 is 11.1. The molecule has 1 fully saturated rings. The number of aliphatic hydroxyl groups is 1. The molecule has 0 bridgehead atoms. The van der Waals surface area contributed by atoms with Crippen molar-refractivity contribution in [3.8, 4) is 11.5 Å². The van der Waals surface area contributed by atoms with Gasteiger partial charge in [-0.1, -0.05) is 0 Å². The maximum absolute atomic E-state index is 10.5. The van der Waals surface area contributed by atoms with E-state index in [0.717, 1.165) is 44.0 Å². The van der Waals surface area contributed by atoms with Crippen molar-refractivity contribution in [1.82, 2.24) is 10.2 Å². The van der Waals surface area contributed by atoms with Crippen LogP contribution in [0, 0.1) is 0 Å². The van der Waals surface area contributed by atoms with Crippen molar-refractivity contribution in [2.24, 2.45) is 0 Å². The minimum atomic E-state index is -0.541. The molecular formula is C17H28N2O3. The number of rotatable bonds is 7. The summed E-state index contributed by atoms with van der Waals surface area (Å²) in [5.41, 5.74) is 0.802. The largest absolute Gasteiger partial charge is 0.496 e. The second-order valence-electron chi connectivity index (χ2n) is 5.97. The highest BCUT2D eigenvalue weighted by molar-refractivity contribution is 5.41. The van der Waals surface area contributed by atoms with Gasteiger partial charge in [-0.2, -0.15) is 0 Å². The molecule has 1 aliphatic heterocycles. The summed E-state index contributed by atoms with van der Waals surface area (Å²) in [7, 11) is 1.63. The number of nitrogens with one attached hydrogen (secondary N) is 1. The van der Waals surface area contributed by atoms with Crippen molar-refractivity contribution in [1.29, 1.82) is 0 Å². The number of nitrogens with zero attached hydrogens (tertiary/aromatic N) is 1. The Balaban J connectivity index is 2.00. The number of ether oxygens (including phenoxy) is 2. The molecule has 1 heterocycles. The minimum absolute atomic E-state index is 0.110. The quantitative estimate of drug-likeness (QED) is 0.804. The Morgan fingerprint density at radius 1 is 1.27 bits per heavy atom. The van der Waals surface area contributed by atoms with Crippen LogP contribution in [0.3, 0.4) is 0 Å². The van der Waals surface area contributed by atoms with E-state index in [9.17, 15) is 5.11 Å². The fourth-order valence-corrected chi connectivity index (χ4v) is 2.71. The van der Waals surface area contributed by atoms with Crippen LogP contribution in [0.2, 0.25) is 0 Å². The van der Waals surface area contributed by atoms with Crippen molar-refractivity contribution in [3.05, 3.63) is 23.8 Å². The van der Waals surface area contributed by atoms with Gasteiger partial charge in [0.25, 0.3) is 0 Å². The maximum Gasteiger partial charge on any atom is 0.124 e. The van der Waals surface area contributed by atoms with Gasteiger partial charge < -0.3 is 24.8 Å². The van der Waals surface area contributed by atoms with Crippen LogP contribution in [0.1, 0.15) is 31.9 Å². The summed E-state index contributed by atoms with van der Waals surface area (Å²) >= 11 is 0. The molecular weight excluding hydrogens is 280 g/mol. The highest BCUT2D eigenvalue weighted by atomic mass is 16.5. The Bertz CT molecular complexity index is 459. The lowest BCUT2D eigenvalue weighted by atomic mass is 10.0. The van der Waals surface area contributed by atoms with Gasteiger partial charge in [-0.05, 0) is 38.5 Å². The average Bonchev–Trinajstić information content (AvgIpc) is 2.53.